The van der Waals surface area contributed by atoms with Crippen LogP contribution in [0.4, 0.5) is 0 Å². The number of carbonyl (C=O) groups excluding carboxylic acids is 1. The molecule has 0 aliphatic rings. The molecule has 1 aromatic rings. The van der Waals surface area contributed by atoms with Gasteiger partial charge in [-0.15, -0.1) is 0 Å². The molecule has 0 aromatic heterocycles. The fraction of sp³-hybridized carbons (Fsp3) is 0.562. The lowest BCUT2D eigenvalue weighted by Crippen LogP contribution is -2.20. The predicted molar refractivity (Wildman–Crippen MR) is 76.3 cm³/mol. The topological polar surface area (TPSA) is 35.5 Å². The van der Waals surface area contributed by atoms with E-state index in [0.717, 1.165) is 12.8 Å². The van der Waals surface area contributed by atoms with E-state index >= 15 is 0 Å². The third-order valence-electron chi connectivity index (χ3n) is 2.90. The van der Waals surface area contributed by atoms with Gasteiger partial charge in [-0.3, -0.25) is 0 Å². The van der Waals surface area contributed by atoms with Crippen molar-refractivity contribution >= 4 is 5.97 Å². The molecule has 0 saturated heterocycles. The Morgan fingerprint density at radius 3 is 2.58 bits per heavy atom. The number of para-hydroxylation sites is 1. The highest BCUT2D eigenvalue weighted by atomic mass is 16.6. The molecule has 1 aromatic carbocycles. The molecule has 3 heteroatoms. The van der Waals surface area contributed by atoms with Gasteiger partial charge in [-0.25, -0.2) is 4.79 Å². The number of benzene rings is 1. The second kappa shape index (κ2) is 9.42. The highest BCUT2D eigenvalue weighted by Gasteiger charge is 2.09. The molecule has 106 valence electrons. The average molecular weight is 264 g/mol. The van der Waals surface area contributed by atoms with Crippen molar-refractivity contribution in [3.8, 4) is 5.75 Å². The molecule has 0 spiro atoms. The molecule has 0 amide bonds. The smallest absolute Gasteiger partial charge is 0.344 e. The van der Waals surface area contributed by atoms with Crippen LogP contribution in [0.15, 0.2) is 30.3 Å². The molecule has 0 N–H and O–H groups in total. The van der Waals surface area contributed by atoms with Crippen LogP contribution >= 0.6 is 0 Å². The summed E-state index contributed by atoms with van der Waals surface area (Å²) >= 11 is 0. The molecular formula is C16H24O3. The Morgan fingerprint density at radius 2 is 1.89 bits per heavy atom. The summed E-state index contributed by atoms with van der Waals surface area (Å²) in [5.74, 6) is 0.391. The molecule has 19 heavy (non-hydrogen) atoms. The Kier molecular flexibility index (Phi) is 7.71. The Bertz CT molecular complexity index is 348. The highest BCUT2D eigenvalue weighted by Crippen LogP contribution is 2.10. The third kappa shape index (κ3) is 7.50. The Balaban J connectivity index is 2.13. The third-order valence-corrected chi connectivity index (χ3v) is 2.90. The standard InChI is InChI=1S/C16H24O3/c1-3-4-5-7-10-14(2)19-16(17)13-18-15-11-8-6-9-12-15/h6,8-9,11-12,14H,3-5,7,10,13H2,1-2H3. The maximum absolute atomic E-state index is 11.6. The summed E-state index contributed by atoms with van der Waals surface area (Å²) in [5, 5.41) is 0. The first-order valence-electron chi connectivity index (χ1n) is 7.09. The molecule has 0 fully saturated rings. The number of ether oxygens (including phenoxy) is 2. The number of rotatable bonds is 9. The van der Waals surface area contributed by atoms with E-state index in [2.05, 4.69) is 6.92 Å². The van der Waals surface area contributed by atoms with Gasteiger partial charge < -0.3 is 9.47 Å². The lowest BCUT2D eigenvalue weighted by molar-refractivity contribution is -0.150. The second-order valence-electron chi connectivity index (χ2n) is 4.75. The van der Waals surface area contributed by atoms with E-state index in [1.165, 1.54) is 19.3 Å². The zero-order valence-electron chi connectivity index (χ0n) is 11.9. The summed E-state index contributed by atoms with van der Waals surface area (Å²) in [6.07, 6.45) is 5.69. The first-order valence-corrected chi connectivity index (χ1v) is 7.09. The number of unbranched alkanes of at least 4 members (excludes halogenated alkanes) is 3. The lowest BCUT2D eigenvalue weighted by atomic mass is 10.1. The van der Waals surface area contributed by atoms with Crippen LogP contribution in [0.3, 0.4) is 0 Å². The van der Waals surface area contributed by atoms with E-state index in [-0.39, 0.29) is 18.7 Å². The quantitative estimate of drug-likeness (QED) is 0.500. The molecule has 1 unspecified atom stereocenters. The molecule has 0 aliphatic carbocycles. The van der Waals surface area contributed by atoms with Crippen molar-refractivity contribution in [2.24, 2.45) is 0 Å². The van der Waals surface area contributed by atoms with Crippen molar-refractivity contribution in [1.29, 1.82) is 0 Å². The fourth-order valence-corrected chi connectivity index (χ4v) is 1.83. The van der Waals surface area contributed by atoms with Crippen LogP contribution in [0.25, 0.3) is 0 Å². The first kappa shape index (κ1) is 15.5. The van der Waals surface area contributed by atoms with E-state index in [0.29, 0.717) is 5.75 Å². The highest BCUT2D eigenvalue weighted by molar-refractivity contribution is 5.71. The summed E-state index contributed by atoms with van der Waals surface area (Å²) in [4.78, 5) is 11.6. The van der Waals surface area contributed by atoms with Crippen LogP contribution in [0.2, 0.25) is 0 Å². The first-order chi connectivity index (χ1) is 9.22. The molecule has 3 nitrogen and oxygen atoms in total. The molecule has 0 saturated carbocycles. The summed E-state index contributed by atoms with van der Waals surface area (Å²) < 4.78 is 10.6. The normalized spacial score (nSPS) is 11.9. The van der Waals surface area contributed by atoms with Crippen LogP contribution in [-0.4, -0.2) is 18.7 Å². The van der Waals surface area contributed by atoms with Gasteiger partial charge in [-0.2, -0.15) is 0 Å². The molecule has 0 bridgehead atoms. The van der Waals surface area contributed by atoms with Crippen LogP contribution in [0.5, 0.6) is 5.75 Å². The van der Waals surface area contributed by atoms with Crippen LogP contribution in [-0.2, 0) is 9.53 Å². The van der Waals surface area contributed by atoms with Gasteiger partial charge in [-0.05, 0) is 31.9 Å². The Labute approximate surface area is 115 Å². The summed E-state index contributed by atoms with van der Waals surface area (Å²) in [5.41, 5.74) is 0. The zero-order chi connectivity index (χ0) is 13.9. The lowest BCUT2D eigenvalue weighted by Gasteiger charge is -2.13. The molecular weight excluding hydrogens is 240 g/mol. The molecule has 0 radical (unpaired) electrons. The monoisotopic (exact) mass is 264 g/mol. The molecule has 1 rings (SSSR count). The van der Waals surface area contributed by atoms with Gasteiger partial charge in [0.25, 0.3) is 0 Å². The van der Waals surface area contributed by atoms with Gasteiger partial charge in [0, 0.05) is 0 Å². The van der Waals surface area contributed by atoms with E-state index < -0.39 is 0 Å². The minimum Gasteiger partial charge on any atom is -0.482 e. The number of esters is 1. The van der Waals surface area contributed by atoms with Gasteiger partial charge in [0.15, 0.2) is 6.61 Å². The van der Waals surface area contributed by atoms with E-state index in [9.17, 15) is 4.79 Å². The predicted octanol–water partition coefficient (Wildman–Crippen LogP) is 3.97. The van der Waals surface area contributed by atoms with Crippen molar-refractivity contribution in [2.75, 3.05) is 6.61 Å². The van der Waals surface area contributed by atoms with Crippen LogP contribution in [0, 0.1) is 0 Å². The number of hydrogen-bond acceptors (Lipinski definition) is 3. The SMILES string of the molecule is CCCCCCC(C)OC(=O)COc1ccccc1. The van der Waals surface area contributed by atoms with Gasteiger partial charge >= 0.3 is 5.97 Å². The minimum atomic E-state index is -0.299. The largest absolute Gasteiger partial charge is 0.482 e. The minimum absolute atomic E-state index is 0.0243. The molecule has 1 atom stereocenters. The van der Waals surface area contributed by atoms with Crippen molar-refractivity contribution < 1.29 is 14.3 Å². The van der Waals surface area contributed by atoms with E-state index in [1.807, 2.05) is 37.3 Å². The van der Waals surface area contributed by atoms with Crippen molar-refractivity contribution in [1.82, 2.24) is 0 Å². The number of carbonyl (C=O) groups is 1. The van der Waals surface area contributed by atoms with Crippen LogP contribution < -0.4 is 4.74 Å². The Hall–Kier alpha value is -1.51. The molecule has 0 heterocycles. The van der Waals surface area contributed by atoms with Gasteiger partial charge in [0.05, 0.1) is 6.10 Å². The maximum atomic E-state index is 11.6. The molecule has 0 aliphatic heterocycles. The van der Waals surface area contributed by atoms with Gasteiger partial charge in [0.2, 0.25) is 0 Å². The van der Waals surface area contributed by atoms with E-state index in [1.54, 1.807) is 0 Å². The summed E-state index contributed by atoms with van der Waals surface area (Å²) in [7, 11) is 0. The fourth-order valence-electron chi connectivity index (χ4n) is 1.83. The van der Waals surface area contributed by atoms with E-state index in [4.69, 9.17) is 9.47 Å². The van der Waals surface area contributed by atoms with Crippen molar-refractivity contribution in [3.63, 3.8) is 0 Å². The Morgan fingerprint density at radius 1 is 1.16 bits per heavy atom. The number of hydrogen-bond donors (Lipinski definition) is 0. The van der Waals surface area contributed by atoms with Crippen LogP contribution in [0.1, 0.15) is 46.0 Å². The van der Waals surface area contributed by atoms with Crippen molar-refractivity contribution in [3.05, 3.63) is 30.3 Å². The summed E-state index contributed by atoms with van der Waals surface area (Å²) in [6.45, 7) is 4.10. The van der Waals surface area contributed by atoms with Gasteiger partial charge in [0.1, 0.15) is 5.75 Å². The van der Waals surface area contributed by atoms with Gasteiger partial charge in [-0.1, -0.05) is 44.4 Å². The maximum Gasteiger partial charge on any atom is 0.344 e. The summed E-state index contributed by atoms with van der Waals surface area (Å²) in [6, 6.07) is 9.29. The zero-order valence-corrected chi connectivity index (χ0v) is 11.9. The van der Waals surface area contributed by atoms with Crippen molar-refractivity contribution in [2.45, 2.75) is 52.1 Å². The second-order valence-corrected chi connectivity index (χ2v) is 4.75. The average Bonchev–Trinajstić information content (AvgIpc) is 2.42.